The fourth-order valence-corrected chi connectivity index (χ4v) is 2.43. The third-order valence-corrected chi connectivity index (χ3v) is 3.64. The van der Waals surface area contributed by atoms with Crippen molar-refractivity contribution in [2.75, 3.05) is 0 Å². The van der Waals surface area contributed by atoms with Gasteiger partial charge in [-0.1, -0.05) is 49.4 Å². The van der Waals surface area contributed by atoms with E-state index in [2.05, 4.69) is 20.9 Å². The van der Waals surface area contributed by atoms with Crippen molar-refractivity contribution in [3.63, 3.8) is 0 Å². The summed E-state index contributed by atoms with van der Waals surface area (Å²) in [6.45, 7) is 4.60. The molecule has 0 aliphatic carbocycles. The number of carbonyl (C=O) groups is 2. The van der Waals surface area contributed by atoms with E-state index in [0.29, 0.717) is 18.7 Å². The highest BCUT2D eigenvalue weighted by molar-refractivity contribution is 5.86. The van der Waals surface area contributed by atoms with Crippen LogP contribution in [0.25, 0.3) is 0 Å². The SMILES string of the molecule is CC(C)CC(NC(=O)NCc1cn(Cc2ccccc2)nn1)C(=O)NO. The van der Waals surface area contributed by atoms with Gasteiger partial charge in [0, 0.05) is 0 Å². The van der Waals surface area contributed by atoms with Crippen LogP contribution in [0.1, 0.15) is 31.5 Å². The predicted octanol–water partition coefficient (Wildman–Crippen LogP) is 1.05. The van der Waals surface area contributed by atoms with Crippen LogP contribution in [0, 0.1) is 5.92 Å². The van der Waals surface area contributed by atoms with Crippen LogP contribution in [-0.4, -0.2) is 38.2 Å². The molecule has 1 aromatic heterocycles. The first-order valence-corrected chi connectivity index (χ1v) is 8.39. The van der Waals surface area contributed by atoms with E-state index in [1.165, 1.54) is 0 Å². The average molecular weight is 360 g/mol. The Hall–Kier alpha value is -2.94. The Morgan fingerprint density at radius 2 is 1.96 bits per heavy atom. The quantitative estimate of drug-likeness (QED) is 0.414. The van der Waals surface area contributed by atoms with Crippen LogP contribution >= 0.6 is 0 Å². The third-order valence-electron chi connectivity index (χ3n) is 3.64. The van der Waals surface area contributed by atoms with Gasteiger partial charge in [-0.15, -0.1) is 5.10 Å². The van der Waals surface area contributed by atoms with Crippen LogP contribution in [0.15, 0.2) is 36.5 Å². The Labute approximate surface area is 151 Å². The maximum Gasteiger partial charge on any atom is 0.315 e. The molecule has 4 N–H and O–H groups in total. The topological polar surface area (TPSA) is 121 Å². The van der Waals surface area contributed by atoms with Gasteiger partial charge in [0.1, 0.15) is 11.7 Å². The zero-order chi connectivity index (χ0) is 18.9. The second kappa shape index (κ2) is 9.52. The van der Waals surface area contributed by atoms with Gasteiger partial charge in [-0.3, -0.25) is 10.0 Å². The minimum atomic E-state index is -0.811. The summed E-state index contributed by atoms with van der Waals surface area (Å²) in [6, 6.07) is 8.51. The fourth-order valence-electron chi connectivity index (χ4n) is 2.43. The Kier molecular flexibility index (Phi) is 7.10. The van der Waals surface area contributed by atoms with E-state index in [9.17, 15) is 9.59 Å². The van der Waals surface area contributed by atoms with Crippen LogP contribution in [0.2, 0.25) is 0 Å². The van der Waals surface area contributed by atoms with Crippen LogP contribution < -0.4 is 16.1 Å². The number of nitrogens with zero attached hydrogens (tertiary/aromatic N) is 3. The summed E-state index contributed by atoms with van der Waals surface area (Å²) in [6.07, 6.45) is 2.16. The number of nitrogens with one attached hydrogen (secondary N) is 3. The normalized spacial score (nSPS) is 11.8. The smallest absolute Gasteiger partial charge is 0.315 e. The van der Waals surface area contributed by atoms with Crippen LogP contribution in [0.4, 0.5) is 4.79 Å². The zero-order valence-corrected chi connectivity index (χ0v) is 14.8. The van der Waals surface area contributed by atoms with Crippen molar-refractivity contribution in [1.82, 2.24) is 31.1 Å². The molecule has 140 valence electrons. The fraction of sp³-hybridized carbons (Fsp3) is 0.412. The first-order chi connectivity index (χ1) is 12.5. The second-order valence-electron chi connectivity index (χ2n) is 6.38. The molecule has 0 spiro atoms. The first-order valence-electron chi connectivity index (χ1n) is 8.39. The molecular formula is C17H24N6O3. The first kappa shape index (κ1) is 19.4. The molecule has 0 aliphatic heterocycles. The van der Waals surface area contributed by atoms with Gasteiger partial charge >= 0.3 is 6.03 Å². The Bertz CT molecular complexity index is 716. The van der Waals surface area contributed by atoms with E-state index >= 15 is 0 Å². The molecule has 1 heterocycles. The number of hydrogen-bond acceptors (Lipinski definition) is 5. The third kappa shape index (κ3) is 6.17. The highest BCUT2D eigenvalue weighted by Gasteiger charge is 2.21. The summed E-state index contributed by atoms with van der Waals surface area (Å²) in [7, 11) is 0. The molecule has 1 aromatic carbocycles. The van der Waals surface area contributed by atoms with Gasteiger partial charge in [0.2, 0.25) is 0 Å². The van der Waals surface area contributed by atoms with Gasteiger partial charge in [0.15, 0.2) is 0 Å². The minimum absolute atomic E-state index is 0.176. The molecule has 1 atom stereocenters. The molecule has 0 bridgehead atoms. The lowest BCUT2D eigenvalue weighted by atomic mass is 10.0. The van der Waals surface area contributed by atoms with E-state index < -0.39 is 18.0 Å². The standard InChI is InChI=1S/C17H24N6O3/c1-12(2)8-15(16(24)21-26)19-17(25)18-9-14-11-23(22-20-14)10-13-6-4-3-5-7-13/h3-7,11-12,15,26H,8-10H2,1-2H3,(H,21,24)(H2,18,19,25). The van der Waals surface area contributed by atoms with Crippen molar-refractivity contribution in [1.29, 1.82) is 0 Å². The molecule has 0 saturated heterocycles. The molecular weight excluding hydrogens is 336 g/mol. The number of rotatable bonds is 8. The number of hydrogen-bond donors (Lipinski definition) is 4. The lowest BCUT2D eigenvalue weighted by Gasteiger charge is -2.18. The second-order valence-corrected chi connectivity index (χ2v) is 6.38. The van der Waals surface area contributed by atoms with E-state index in [1.807, 2.05) is 44.2 Å². The van der Waals surface area contributed by atoms with Gasteiger partial charge < -0.3 is 10.6 Å². The average Bonchev–Trinajstić information content (AvgIpc) is 3.06. The molecule has 0 fully saturated rings. The maximum absolute atomic E-state index is 12.0. The number of amides is 3. The monoisotopic (exact) mass is 360 g/mol. The van der Waals surface area contributed by atoms with E-state index in [1.54, 1.807) is 16.4 Å². The maximum atomic E-state index is 12.0. The number of benzene rings is 1. The lowest BCUT2D eigenvalue weighted by molar-refractivity contribution is -0.131. The molecule has 0 radical (unpaired) electrons. The number of urea groups is 1. The Balaban J connectivity index is 1.84. The van der Waals surface area contributed by atoms with Crippen molar-refractivity contribution < 1.29 is 14.8 Å². The summed E-state index contributed by atoms with van der Waals surface area (Å²) in [5.74, 6) is -0.474. The van der Waals surface area contributed by atoms with Gasteiger partial charge in [0.05, 0.1) is 19.3 Å². The van der Waals surface area contributed by atoms with Gasteiger partial charge in [-0.25, -0.2) is 15.0 Å². The predicted molar refractivity (Wildman–Crippen MR) is 94.1 cm³/mol. The van der Waals surface area contributed by atoms with Crippen LogP contribution in [-0.2, 0) is 17.9 Å². The lowest BCUT2D eigenvalue weighted by Crippen LogP contribution is -2.49. The summed E-state index contributed by atoms with van der Waals surface area (Å²) < 4.78 is 1.69. The van der Waals surface area contributed by atoms with Gasteiger partial charge in [-0.05, 0) is 17.9 Å². The van der Waals surface area contributed by atoms with Crippen LogP contribution in [0.3, 0.4) is 0 Å². The van der Waals surface area contributed by atoms with Crippen LogP contribution in [0.5, 0.6) is 0 Å². The Morgan fingerprint density at radius 1 is 1.23 bits per heavy atom. The molecule has 26 heavy (non-hydrogen) atoms. The molecule has 9 nitrogen and oxygen atoms in total. The number of carbonyl (C=O) groups excluding carboxylic acids is 2. The largest absolute Gasteiger partial charge is 0.332 e. The van der Waals surface area contributed by atoms with Crippen molar-refractivity contribution >= 4 is 11.9 Å². The molecule has 3 amide bonds. The highest BCUT2D eigenvalue weighted by Crippen LogP contribution is 2.05. The van der Waals surface area contributed by atoms with Crippen molar-refractivity contribution in [2.45, 2.75) is 39.4 Å². The van der Waals surface area contributed by atoms with Crippen molar-refractivity contribution in [3.05, 3.63) is 47.8 Å². The molecule has 0 saturated carbocycles. The summed E-state index contributed by atoms with van der Waals surface area (Å²) in [5, 5.41) is 22.0. The molecule has 0 aliphatic rings. The molecule has 9 heteroatoms. The number of hydroxylamine groups is 1. The number of aromatic nitrogens is 3. The van der Waals surface area contributed by atoms with Crippen molar-refractivity contribution in [2.24, 2.45) is 5.92 Å². The van der Waals surface area contributed by atoms with E-state index in [-0.39, 0.29) is 12.5 Å². The summed E-state index contributed by atoms with van der Waals surface area (Å²) in [4.78, 5) is 23.6. The highest BCUT2D eigenvalue weighted by atomic mass is 16.5. The van der Waals surface area contributed by atoms with Crippen molar-refractivity contribution in [3.8, 4) is 0 Å². The molecule has 1 unspecified atom stereocenters. The molecule has 2 aromatic rings. The minimum Gasteiger partial charge on any atom is -0.332 e. The van der Waals surface area contributed by atoms with E-state index in [4.69, 9.17) is 5.21 Å². The summed E-state index contributed by atoms with van der Waals surface area (Å²) in [5.41, 5.74) is 3.27. The van der Waals surface area contributed by atoms with E-state index in [0.717, 1.165) is 5.56 Å². The summed E-state index contributed by atoms with van der Waals surface area (Å²) >= 11 is 0. The zero-order valence-electron chi connectivity index (χ0n) is 14.8. The Morgan fingerprint density at radius 3 is 2.62 bits per heavy atom. The van der Waals surface area contributed by atoms with Gasteiger partial charge in [-0.2, -0.15) is 0 Å². The van der Waals surface area contributed by atoms with Gasteiger partial charge in [0.25, 0.3) is 5.91 Å². The molecule has 2 rings (SSSR count).